The molecule has 8 heteroatoms. The molecule has 5 rings (SSSR count). The van der Waals surface area contributed by atoms with Gasteiger partial charge in [0.15, 0.2) is 5.60 Å². The van der Waals surface area contributed by atoms with E-state index in [9.17, 15) is 19.5 Å². The minimum atomic E-state index is -1.46. The molecule has 1 unspecified atom stereocenters. The van der Waals surface area contributed by atoms with Crippen LogP contribution < -0.4 is 5.32 Å². The van der Waals surface area contributed by atoms with Crippen molar-refractivity contribution in [3.63, 3.8) is 0 Å². The molecule has 1 saturated heterocycles. The standard InChI is InChI=1S/C27H30N2O6/c1-26(24(31)32)17-29(14-15-35-26)23(30)27(12-6-7-13-27)28-25(33)34-16-22-20-10-4-2-8-18(20)19-9-3-5-11-21(19)22/h2-5,8-11,22H,6-7,12-17H2,1H3,(H,28,33)(H,31,32). The third-order valence-electron chi connectivity index (χ3n) is 7.57. The summed E-state index contributed by atoms with van der Waals surface area (Å²) in [6, 6.07) is 16.2. The minimum absolute atomic E-state index is 0.0602. The lowest BCUT2D eigenvalue weighted by molar-refractivity contribution is -0.178. The third-order valence-corrected chi connectivity index (χ3v) is 7.57. The number of rotatable bonds is 5. The van der Waals surface area contributed by atoms with Gasteiger partial charge in [-0.1, -0.05) is 61.4 Å². The molecule has 2 aromatic rings. The zero-order valence-corrected chi connectivity index (χ0v) is 19.8. The molecule has 1 heterocycles. The van der Waals surface area contributed by atoms with Crippen molar-refractivity contribution in [2.45, 2.75) is 49.7 Å². The van der Waals surface area contributed by atoms with E-state index in [0.29, 0.717) is 12.8 Å². The number of fused-ring (bicyclic) bond motifs is 3. The van der Waals surface area contributed by atoms with Gasteiger partial charge in [0.1, 0.15) is 12.1 Å². The summed E-state index contributed by atoms with van der Waals surface area (Å²) in [5, 5.41) is 12.4. The van der Waals surface area contributed by atoms with E-state index in [4.69, 9.17) is 9.47 Å². The summed E-state index contributed by atoms with van der Waals surface area (Å²) in [6.07, 6.45) is 1.97. The average Bonchev–Trinajstić information content (AvgIpc) is 3.46. The molecule has 2 aromatic carbocycles. The van der Waals surface area contributed by atoms with Gasteiger partial charge in [0.25, 0.3) is 0 Å². The van der Waals surface area contributed by atoms with Crippen molar-refractivity contribution in [3.05, 3.63) is 59.7 Å². The van der Waals surface area contributed by atoms with Crippen molar-refractivity contribution in [2.75, 3.05) is 26.3 Å². The Hall–Kier alpha value is -3.39. The molecular formula is C27H30N2O6. The second-order valence-electron chi connectivity index (χ2n) is 9.85. The van der Waals surface area contributed by atoms with Crippen LogP contribution in [-0.2, 0) is 19.1 Å². The summed E-state index contributed by atoms with van der Waals surface area (Å²) in [6.45, 7) is 1.99. The lowest BCUT2D eigenvalue weighted by atomic mass is 9.94. The first-order valence-electron chi connectivity index (χ1n) is 12.1. The number of amides is 2. The quantitative estimate of drug-likeness (QED) is 0.681. The summed E-state index contributed by atoms with van der Waals surface area (Å²) < 4.78 is 11.1. The van der Waals surface area contributed by atoms with Crippen molar-refractivity contribution >= 4 is 18.0 Å². The van der Waals surface area contributed by atoms with Crippen LogP contribution in [0, 0.1) is 0 Å². The van der Waals surface area contributed by atoms with E-state index < -0.39 is 23.2 Å². The molecule has 2 fully saturated rings. The number of carbonyl (C=O) groups excluding carboxylic acids is 2. The molecule has 0 spiro atoms. The molecule has 1 saturated carbocycles. The van der Waals surface area contributed by atoms with Gasteiger partial charge in [-0.05, 0) is 42.0 Å². The van der Waals surface area contributed by atoms with Crippen LogP contribution in [0.1, 0.15) is 49.7 Å². The van der Waals surface area contributed by atoms with E-state index in [1.807, 2.05) is 24.3 Å². The lowest BCUT2D eigenvalue weighted by Gasteiger charge is -2.41. The van der Waals surface area contributed by atoms with Gasteiger partial charge in [0, 0.05) is 12.5 Å². The highest BCUT2D eigenvalue weighted by Gasteiger charge is 2.49. The number of carbonyl (C=O) groups is 3. The highest BCUT2D eigenvalue weighted by Crippen LogP contribution is 2.44. The number of nitrogens with zero attached hydrogens (tertiary/aromatic N) is 1. The van der Waals surface area contributed by atoms with Crippen LogP contribution in [-0.4, -0.2) is 65.4 Å². The van der Waals surface area contributed by atoms with Crippen LogP contribution in [0.4, 0.5) is 4.79 Å². The average molecular weight is 479 g/mol. The number of alkyl carbamates (subject to hydrolysis) is 1. The molecule has 2 N–H and O–H groups in total. The van der Waals surface area contributed by atoms with E-state index in [2.05, 4.69) is 29.6 Å². The summed E-state index contributed by atoms with van der Waals surface area (Å²) in [7, 11) is 0. The molecule has 35 heavy (non-hydrogen) atoms. The molecule has 1 atom stereocenters. The first-order chi connectivity index (χ1) is 16.8. The van der Waals surface area contributed by atoms with Gasteiger partial charge < -0.3 is 24.8 Å². The van der Waals surface area contributed by atoms with Crippen molar-refractivity contribution in [1.82, 2.24) is 10.2 Å². The van der Waals surface area contributed by atoms with Crippen molar-refractivity contribution in [1.29, 1.82) is 0 Å². The molecule has 0 bridgehead atoms. The summed E-state index contributed by atoms with van der Waals surface area (Å²) in [4.78, 5) is 39.7. The van der Waals surface area contributed by atoms with Crippen molar-refractivity contribution < 1.29 is 29.0 Å². The number of hydrogen-bond donors (Lipinski definition) is 2. The Morgan fingerprint density at radius 2 is 1.66 bits per heavy atom. The first kappa shape index (κ1) is 23.4. The Morgan fingerprint density at radius 1 is 1.06 bits per heavy atom. The molecule has 0 radical (unpaired) electrons. The highest BCUT2D eigenvalue weighted by molar-refractivity contribution is 5.91. The van der Waals surface area contributed by atoms with E-state index in [1.165, 1.54) is 11.8 Å². The maximum atomic E-state index is 13.6. The van der Waals surface area contributed by atoms with Gasteiger partial charge in [-0.2, -0.15) is 0 Å². The number of carboxylic acid groups (broad SMARTS) is 1. The minimum Gasteiger partial charge on any atom is -0.479 e. The number of benzene rings is 2. The predicted octanol–water partition coefficient (Wildman–Crippen LogP) is 3.54. The summed E-state index contributed by atoms with van der Waals surface area (Å²) in [5.74, 6) is -1.45. The van der Waals surface area contributed by atoms with E-state index >= 15 is 0 Å². The van der Waals surface area contributed by atoms with Crippen LogP contribution in [0.2, 0.25) is 0 Å². The largest absolute Gasteiger partial charge is 0.479 e. The fraction of sp³-hybridized carbons (Fsp3) is 0.444. The molecule has 2 amide bonds. The van der Waals surface area contributed by atoms with Gasteiger partial charge in [-0.15, -0.1) is 0 Å². The topological polar surface area (TPSA) is 105 Å². The van der Waals surface area contributed by atoms with Crippen molar-refractivity contribution in [3.8, 4) is 11.1 Å². The molecule has 2 aliphatic carbocycles. The van der Waals surface area contributed by atoms with E-state index in [0.717, 1.165) is 35.1 Å². The van der Waals surface area contributed by atoms with E-state index in [1.54, 1.807) is 0 Å². The zero-order valence-electron chi connectivity index (χ0n) is 19.8. The molecule has 0 aromatic heterocycles. The van der Waals surface area contributed by atoms with Gasteiger partial charge in [-0.25, -0.2) is 9.59 Å². The smallest absolute Gasteiger partial charge is 0.408 e. The molecular weight excluding hydrogens is 448 g/mol. The van der Waals surface area contributed by atoms with Gasteiger partial charge >= 0.3 is 12.1 Å². The Bertz CT molecular complexity index is 1110. The summed E-state index contributed by atoms with van der Waals surface area (Å²) in [5.41, 5.74) is 1.99. The Balaban J connectivity index is 1.29. The predicted molar refractivity (Wildman–Crippen MR) is 128 cm³/mol. The number of ether oxygens (including phenoxy) is 2. The second kappa shape index (κ2) is 9.00. The second-order valence-corrected chi connectivity index (χ2v) is 9.85. The van der Waals surface area contributed by atoms with Crippen LogP contribution >= 0.6 is 0 Å². The fourth-order valence-corrected chi connectivity index (χ4v) is 5.68. The van der Waals surface area contributed by atoms with Crippen LogP contribution in [0.25, 0.3) is 11.1 Å². The lowest BCUT2D eigenvalue weighted by Crippen LogP contribution is -2.64. The van der Waals surface area contributed by atoms with Gasteiger partial charge in [0.05, 0.1) is 13.2 Å². The van der Waals surface area contributed by atoms with Crippen LogP contribution in [0.15, 0.2) is 48.5 Å². The Kier molecular flexibility index (Phi) is 6.01. The summed E-state index contributed by atoms with van der Waals surface area (Å²) >= 11 is 0. The molecule has 3 aliphatic rings. The van der Waals surface area contributed by atoms with Crippen LogP contribution in [0.5, 0.6) is 0 Å². The molecule has 1 aliphatic heterocycles. The number of morpholine rings is 1. The maximum absolute atomic E-state index is 13.6. The SMILES string of the molecule is CC1(C(=O)O)CN(C(=O)C2(NC(=O)OCC3c4ccccc4-c4ccccc43)CCCC2)CCO1. The monoisotopic (exact) mass is 478 g/mol. The zero-order chi connectivity index (χ0) is 24.6. The number of carboxylic acids is 1. The number of nitrogens with one attached hydrogen (secondary N) is 1. The first-order valence-corrected chi connectivity index (χ1v) is 12.1. The maximum Gasteiger partial charge on any atom is 0.408 e. The van der Waals surface area contributed by atoms with E-state index in [-0.39, 0.29) is 38.1 Å². The Labute approximate surface area is 204 Å². The highest BCUT2D eigenvalue weighted by atomic mass is 16.5. The number of hydrogen-bond acceptors (Lipinski definition) is 5. The normalized spacial score (nSPS) is 22.8. The van der Waals surface area contributed by atoms with Crippen molar-refractivity contribution in [2.24, 2.45) is 0 Å². The molecule has 8 nitrogen and oxygen atoms in total. The molecule has 184 valence electrons. The Morgan fingerprint density at radius 3 is 2.26 bits per heavy atom. The number of aliphatic carboxylic acids is 1. The fourth-order valence-electron chi connectivity index (χ4n) is 5.68. The third kappa shape index (κ3) is 4.16. The van der Waals surface area contributed by atoms with Crippen LogP contribution in [0.3, 0.4) is 0 Å². The van der Waals surface area contributed by atoms with Gasteiger partial charge in [0.2, 0.25) is 5.91 Å². The van der Waals surface area contributed by atoms with Gasteiger partial charge in [-0.3, -0.25) is 4.79 Å².